The highest BCUT2D eigenvalue weighted by atomic mass is 16.5. The minimum atomic E-state index is 0.0155. The Hall–Kier alpha value is -2.16. The maximum Gasteiger partial charge on any atom is 0.253 e. The Morgan fingerprint density at radius 3 is 2.44 bits per heavy atom. The largest absolute Gasteiger partial charge is 0.493 e. The van der Waals surface area contributed by atoms with Gasteiger partial charge in [-0.1, -0.05) is 6.07 Å². The second-order valence-electron chi connectivity index (χ2n) is 11.6. The number of nitrogens with zero attached hydrogens (tertiary/aromatic N) is 2. The molecule has 1 N–H and O–H groups in total. The average molecular weight is 546 g/mol. The summed E-state index contributed by atoms with van der Waals surface area (Å²) >= 11 is 0. The zero-order valence-corrected chi connectivity index (χ0v) is 24.9. The van der Waals surface area contributed by atoms with Gasteiger partial charge in [-0.05, 0) is 95.5 Å². The molecule has 220 valence electrons. The topological polar surface area (TPSA) is 80.3 Å². The van der Waals surface area contributed by atoms with Gasteiger partial charge >= 0.3 is 0 Å². The van der Waals surface area contributed by atoms with Crippen LogP contribution in [0.15, 0.2) is 18.2 Å². The Morgan fingerprint density at radius 1 is 1.08 bits per heavy atom. The second-order valence-corrected chi connectivity index (χ2v) is 11.6. The molecule has 2 aliphatic heterocycles. The van der Waals surface area contributed by atoms with E-state index >= 15 is 0 Å². The zero-order valence-electron chi connectivity index (χ0n) is 24.9. The molecule has 0 spiro atoms. The molecule has 8 heteroatoms. The highest BCUT2D eigenvalue weighted by Gasteiger charge is 2.35. The summed E-state index contributed by atoms with van der Waals surface area (Å²) in [4.78, 5) is 28.7. The Kier molecular flexibility index (Phi) is 13.0. The fourth-order valence-corrected chi connectivity index (χ4v) is 5.02. The molecule has 4 rings (SSSR count). The van der Waals surface area contributed by atoms with Gasteiger partial charge in [0, 0.05) is 71.0 Å². The Labute approximate surface area is 235 Å². The molecule has 39 heavy (non-hydrogen) atoms. The van der Waals surface area contributed by atoms with Gasteiger partial charge in [-0.15, -0.1) is 0 Å². The molecule has 3 aliphatic rings. The molecule has 1 aromatic carbocycles. The molecule has 1 aliphatic carbocycles. The van der Waals surface area contributed by atoms with Crippen molar-refractivity contribution in [1.29, 1.82) is 0 Å². The van der Waals surface area contributed by atoms with Crippen LogP contribution in [0.5, 0.6) is 5.75 Å². The molecule has 1 aromatic rings. The predicted molar refractivity (Wildman–Crippen MR) is 154 cm³/mol. The molecule has 8 nitrogen and oxygen atoms in total. The van der Waals surface area contributed by atoms with Crippen LogP contribution in [0.25, 0.3) is 0 Å². The molecule has 1 atom stereocenters. The summed E-state index contributed by atoms with van der Waals surface area (Å²) in [6.45, 7) is 12.1. The van der Waals surface area contributed by atoms with Crippen LogP contribution in [0.2, 0.25) is 0 Å². The Bertz CT molecular complexity index is 892. The van der Waals surface area contributed by atoms with Crippen LogP contribution >= 0.6 is 0 Å². The van der Waals surface area contributed by atoms with Gasteiger partial charge in [0.05, 0.1) is 6.61 Å². The third-order valence-corrected chi connectivity index (χ3v) is 8.01. The van der Waals surface area contributed by atoms with Gasteiger partial charge in [-0.3, -0.25) is 9.59 Å². The Morgan fingerprint density at radius 2 is 1.82 bits per heavy atom. The number of carbonyl (C=O) groups is 2. The first-order valence-corrected chi connectivity index (χ1v) is 14.9. The fourth-order valence-electron chi connectivity index (χ4n) is 5.02. The van der Waals surface area contributed by atoms with Crippen LogP contribution < -0.4 is 10.1 Å². The van der Waals surface area contributed by atoms with Crippen LogP contribution in [-0.2, 0) is 14.3 Å². The van der Waals surface area contributed by atoms with Gasteiger partial charge in [-0.25, -0.2) is 0 Å². The van der Waals surface area contributed by atoms with E-state index in [1.54, 1.807) is 12.0 Å². The molecule has 1 unspecified atom stereocenters. The minimum Gasteiger partial charge on any atom is -0.493 e. The van der Waals surface area contributed by atoms with E-state index in [9.17, 15) is 9.59 Å². The van der Waals surface area contributed by atoms with E-state index in [-0.39, 0.29) is 11.9 Å². The highest BCUT2D eigenvalue weighted by molar-refractivity contribution is 5.94. The zero-order chi connectivity index (χ0) is 28.2. The summed E-state index contributed by atoms with van der Waals surface area (Å²) in [6.07, 6.45) is 7.39. The predicted octanol–water partition coefficient (Wildman–Crippen LogP) is 4.29. The number of amides is 2. The van der Waals surface area contributed by atoms with E-state index in [1.807, 2.05) is 46.0 Å². The number of hydrogen-bond donors (Lipinski definition) is 1. The summed E-state index contributed by atoms with van der Waals surface area (Å²) < 4.78 is 16.1. The van der Waals surface area contributed by atoms with Gasteiger partial charge in [0.1, 0.15) is 5.75 Å². The normalized spacial score (nSPS) is 19.4. The number of benzene rings is 1. The molecule has 1 saturated carbocycles. The number of hydrogen-bond acceptors (Lipinski definition) is 6. The van der Waals surface area contributed by atoms with E-state index in [0.717, 1.165) is 69.8 Å². The van der Waals surface area contributed by atoms with Crippen molar-refractivity contribution in [3.63, 3.8) is 0 Å². The van der Waals surface area contributed by atoms with E-state index in [0.29, 0.717) is 42.6 Å². The summed E-state index contributed by atoms with van der Waals surface area (Å²) in [5.74, 6) is 2.43. The third kappa shape index (κ3) is 10.4. The van der Waals surface area contributed by atoms with Gasteiger partial charge in [0.2, 0.25) is 5.91 Å². The number of rotatable bonds is 12. The molecule has 0 radical (unpaired) electrons. The molecular weight excluding hydrogens is 494 g/mol. The van der Waals surface area contributed by atoms with E-state index in [1.165, 1.54) is 19.3 Å². The first kappa shape index (κ1) is 31.4. The first-order valence-electron chi connectivity index (χ1n) is 14.9. The fraction of sp³-hybridized carbons (Fsp3) is 0.742. The second kappa shape index (κ2) is 16.2. The lowest BCUT2D eigenvalue weighted by molar-refractivity contribution is -0.134. The smallest absolute Gasteiger partial charge is 0.253 e. The molecule has 2 heterocycles. The van der Waals surface area contributed by atoms with Crippen molar-refractivity contribution in [2.75, 3.05) is 60.2 Å². The minimum absolute atomic E-state index is 0.0155. The van der Waals surface area contributed by atoms with Crippen LogP contribution in [0, 0.1) is 18.8 Å². The highest BCUT2D eigenvalue weighted by Crippen LogP contribution is 2.30. The van der Waals surface area contributed by atoms with Gasteiger partial charge in [0.15, 0.2) is 0 Å². The maximum absolute atomic E-state index is 12.5. The maximum atomic E-state index is 12.5. The van der Waals surface area contributed by atoms with Crippen LogP contribution in [0.3, 0.4) is 0 Å². The van der Waals surface area contributed by atoms with Gasteiger partial charge < -0.3 is 29.3 Å². The van der Waals surface area contributed by atoms with Gasteiger partial charge in [0.25, 0.3) is 5.91 Å². The standard InChI is InChI=1S/C16H25NO3.C15H26N2O2/c1-12(2)17(4)16(18)14-8-7-13(3)15(11-14)20-10-6-9-19-5;18-15(9-12-4-7-19-8-5-12)17(14-1-2-14)11-13-3-6-16-10-13/h7-8,11-12H,6,9-10H2,1-5H3;12-14,16H,1-11H2. The lowest BCUT2D eigenvalue weighted by Gasteiger charge is -2.28. The van der Waals surface area contributed by atoms with Crippen molar-refractivity contribution >= 4 is 11.8 Å². The van der Waals surface area contributed by atoms with Crippen LogP contribution in [0.4, 0.5) is 0 Å². The van der Waals surface area contributed by atoms with E-state index in [4.69, 9.17) is 14.2 Å². The van der Waals surface area contributed by atoms with Crippen molar-refractivity contribution in [3.8, 4) is 5.75 Å². The number of ether oxygens (including phenoxy) is 3. The van der Waals surface area contributed by atoms with Gasteiger partial charge in [-0.2, -0.15) is 0 Å². The number of methoxy groups -OCH3 is 1. The molecular formula is C31H51N3O5. The van der Waals surface area contributed by atoms with Crippen LogP contribution in [0.1, 0.15) is 74.7 Å². The monoisotopic (exact) mass is 545 g/mol. The molecule has 0 bridgehead atoms. The van der Waals surface area contributed by atoms with Crippen molar-refractivity contribution in [2.24, 2.45) is 11.8 Å². The summed E-state index contributed by atoms with van der Waals surface area (Å²) in [5, 5.41) is 3.40. The van der Waals surface area contributed by atoms with E-state index in [2.05, 4.69) is 10.2 Å². The molecule has 2 amide bonds. The number of nitrogens with one attached hydrogen (secondary N) is 1. The number of aryl methyl sites for hydroxylation is 1. The van der Waals surface area contributed by atoms with Crippen molar-refractivity contribution < 1.29 is 23.8 Å². The van der Waals surface area contributed by atoms with Crippen molar-refractivity contribution in [3.05, 3.63) is 29.3 Å². The lowest BCUT2D eigenvalue weighted by Crippen LogP contribution is -2.39. The average Bonchev–Trinajstić information content (AvgIpc) is 3.65. The SMILES string of the molecule is COCCCOc1cc(C(=O)N(C)C(C)C)ccc1C.O=C(CC1CCOCC1)N(CC1CCNC1)C1CC1. The summed E-state index contributed by atoms with van der Waals surface area (Å²) in [5.41, 5.74) is 1.69. The van der Waals surface area contributed by atoms with Crippen molar-refractivity contribution in [1.82, 2.24) is 15.1 Å². The quantitative estimate of drug-likeness (QED) is 0.395. The molecule has 0 aromatic heterocycles. The first-order chi connectivity index (χ1) is 18.8. The summed E-state index contributed by atoms with van der Waals surface area (Å²) in [6, 6.07) is 6.33. The molecule has 2 saturated heterocycles. The number of carbonyl (C=O) groups excluding carboxylic acids is 2. The summed E-state index contributed by atoms with van der Waals surface area (Å²) in [7, 11) is 3.48. The van der Waals surface area contributed by atoms with Crippen molar-refractivity contribution in [2.45, 2.75) is 77.8 Å². The van der Waals surface area contributed by atoms with Crippen LogP contribution in [-0.4, -0.2) is 93.9 Å². The third-order valence-electron chi connectivity index (χ3n) is 8.01. The Balaban J connectivity index is 0.000000216. The molecule has 3 fully saturated rings. The lowest BCUT2D eigenvalue weighted by atomic mass is 9.95. The van der Waals surface area contributed by atoms with E-state index < -0.39 is 0 Å².